The van der Waals surface area contributed by atoms with E-state index in [-0.39, 0.29) is 5.91 Å². The molecule has 2 fully saturated rings. The average molecular weight is 305 g/mol. The summed E-state index contributed by atoms with van der Waals surface area (Å²) in [5, 5.41) is 11.2. The summed E-state index contributed by atoms with van der Waals surface area (Å²) in [7, 11) is 0. The Labute approximate surface area is 135 Å². The Hall–Kier alpha value is -2.39. The highest BCUT2D eigenvalue weighted by atomic mass is 16.3. The number of hydrogen-bond donors (Lipinski definition) is 1. The van der Waals surface area contributed by atoms with E-state index in [1.54, 1.807) is 11.8 Å². The van der Waals surface area contributed by atoms with Gasteiger partial charge in [0.1, 0.15) is 5.60 Å². The van der Waals surface area contributed by atoms with Crippen LogP contribution in [0.5, 0.6) is 0 Å². The Morgan fingerprint density at radius 3 is 2.13 bits per heavy atom. The molecule has 1 aliphatic heterocycles. The SMILES string of the molecule is CC1(O)/C(=C/c2ccccc2)N(c2ccccc2)C(=O)C12CC2. The Balaban J connectivity index is 1.89. The van der Waals surface area contributed by atoms with E-state index >= 15 is 0 Å². The zero-order valence-electron chi connectivity index (χ0n) is 13.1. The Morgan fingerprint density at radius 1 is 1.00 bits per heavy atom. The maximum absolute atomic E-state index is 13.0. The molecule has 1 saturated carbocycles. The molecule has 0 aromatic heterocycles. The van der Waals surface area contributed by atoms with Crippen LogP contribution in [0.3, 0.4) is 0 Å². The Bertz CT molecular complexity index is 774. The molecule has 1 amide bonds. The van der Waals surface area contributed by atoms with Gasteiger partial charge in [-0.2, -0.15) is 0 Å². The van der Waals surface area contributed by atoms with Gasteiger partial charge in [0.05, 0.1) is 11.1 Å². The summed E-state index contributed by atoms with van der Waals surface area (Å²) in [6.07, 6.45) is 3.42. The van der Waals surface area contributed by atoms with Crippen molar-refractivity contribution < 1.29 is 9.90 Å². The molecule has 1 atom stereocenters. The summed E-state index contributed by atoms with van der Waals surface area (Å²) in [6.45, 7) is 1.77. The molecule has 1 N–H and O–H groups in total. The lowest BCUT2D eigenvalue weighted by Crippen LogP contribution is -2.35. The second kappa shape index (κ2) is 4.80. The van der Waals surface area contributed by atoms with Gasteiger partial charge in [-0.3, -0.25) is 9.69 Å². The summed E-state index contributed by atoms with van der Waals surface area (Å²) >= 11 is 0. The van der Waals surface area contributed by atoms with E-state index in [1.165, 1.54) is 0 Å². The van der Waals surface area contributed by atoms with E-state index in [2.05, 4.69) is 0 Å². The van der Waals surface area contributed by atoms with Crippen molar-refractivity contribution in [2.75, 3.05) is 4.90 Å². The molecule has 2 aromatic rings. The first kappa shape index (κ1) is 14.2. The summed E-state index contributed by atoms with van der Waals surface area (Å²) in [5.41, 5.74) is 0.662. The number of para-hydroxylation sites is 1. The number of carbonyl (C=O) groups is 1. The highest BCUT2D eigenvalue weighted by Gasteiger charge is 2.70. The van der Waals surface area contributed by atoms with Crippen molar-refractivity contribution in [3.8, 4) is 0 Å². The number of carbonyl (C=O) groups excluding carboxylic acids is 1. The zero-order valence-corrected chi connectivity index (χ0v) is 13.1. The molecule has 3 heteroatoms. The topological polar surface area (TPSA) is 40.5 Å². The highest BCUT2D eigenvalue weighted by molar-refractivity contribution is 6.08. The van der Waals surface area contributed by atoms with E-state index in [4.69, 9.17) is 0 Å². The molecule has 0 radical (unpaired) electrons. The van der Waals surface area contributed by atoms with Crippen molar-refractivity contribution in [2.24, 2.45) is 5.41 Å². The minimum atomic E-state index is -1.14. The predicted octanol–water partition coefficient (Wildman–Crippen LogP) is 3.61. The van der Waals surface area contributed by atoms with Gasteiger partial charge in [0.2, 0.25) is 5.91 Å². The van der Waals surface area contributed by atoms with Crippen LogP contribution in [0.2, 0.25) is 0 Å². The lowest BCUT2D eigenvalue weighted by molar-refractivity contribution is -0.125. The fraction of sp³-hybridized carbons (Fsp3) is 0.250. The van der Waals surface area contributed by atoms with E-state index in [1.807, 2.05) is 66.7 Å². The Morgan fingerprint density at radius 2 is 1.57 bits per heavy atom. The summed E-state index contributed by atoms with van der Waals surface area (Å²) in [6, 6.07) is 19.4. The average Bonchev–Trinajstić information content (AvgIpc) is 3.36. The maximum Gasteiger partial charge on any atom is 0.240 e. The van der Waals surface area contributed by atoms with Gasteiger partial charge in [-0.25, -0.2) is 0 Å². The molecule has 1 saturated heterocycles. The zero-order chi connectivity index (χ0) is 16.1. The van der Waals surface area contributed by atoms with Crippen LogP contribution < -0.4 is 4.90 Å². The van der Waals surface area contributed by atoms with Crippen LogP contribution in [0.4, 0.5) is 5.69 Å². The molecule has 4 rings (SSSR count). The number of hydrogen-bond acceptors (Lipinski definition) is 2. The molecule has 23 heavy (non-hydrogen) atoms. The van der Waals surface area contributed by atoms with E-state index in [0.717, 1.165) is 24.1 Å². The van der Waals surface area contributed by atoms with Gasteiger partial charge in [-0.1, -0.05) is 48.5 Å². The summed E-state index contributed by atoms with van der Waals surface area (Å²) < 4.78 is 0. The number of aliphatic hydroxyl groups is 1. The van der Waals surface area contributed by atoms with Crippen LogP contribution in [-0.4, -0.2) is 16.6 Å². The lowest BCUT2D eigenvalue weighted by atomic mass is 9.86. The molecule has 0 bridgehead atoms. The van der Waals surface area contributed by atoms with Crippen LogP contribution in [0, 0.1) is 5.41 Å². The molecular formula is C20H19NO2. The van der Waals surface area contributed by atoms with Crippen molar-refractivity contribution in [2.45, 2.75) is 25.4 Å². The standard InChI is InChI=1S/C20H19NO2/c1-19(23)17(14-15-8-4-2-5-9-15)21(16-10-6-3-7-11-16)18(22)20(19)12-13-20/h2-11,14,23H,12-13H2,1H3/b17-14-. The van der Waals surface area contributed by atoms with Crippen molar-refractivity contribution in [3.63, 3.8) is 0 Å². The van der Waals surface area contributed by atoms with Gasteiger partial charge in [-0.15, -0.1) is 0 Å². The van der Waals surface area contributed by atoms with Gasteiger partial charge in [0, 0.05) is 5.69 Å². The van der Waals surface area contributed by atoms with Gasteiger partial charge < -0.3 is 5.11 Å². The largest absolute Gasteiger partial charge is 0.383 e. The second-order valence-electron chi connectivity index (χ2n) is 6.57. The first-order valence-electron chi connectivity index (χ1n) is 7.95. The minimum Gasteiger partial charge on any atom is -0.383 e. The third-order valence-electron chi connectivity index (χ3n) is 5.15. The van der Waals surface area contributed by atoms with Gasteiger partial charge in [0.15, 0.2) is 0 Å². The Kier molecular flexibility index (Phi) is 2.97. The molecule has 2 aliphatic rings. The molecule has 1 aliphatic carbocycles. The number of nitrogens with zero attached hydrogens (tertiary/aromatic N) is 1. The molecule has 116 valence electrons. The predicted molar refractivity (Wildman–Crippen MR) is 90.6 cm³/mol. The van der Waals surface area contributed by atoms with E-state index < -0.39 is 11.0 Å². The molecule has 1 heterocycles. The van der Waals surface area contributed by atoms with Crippen molar-refractivity contribution >= 4 is 17.7 Å². The van der Waals surface area contributed by atoms with Crippen LogP contribution in [0.15, 0.2) is 66.4 Å². The number of rotatable bonds is 2. The van der Waals surface area contributed by atoms with Crippen LogP contribution in [-0.2, 0) is 4.79 Å². The second-order valence-corrected chi connectivity index (χ2v) is 6.57. The van der Waals surface area contributed by atoms with Crippen LogP contribution >= 0.6 is 0 Å². The van der Waals surface area contributed by atoms with E-state index in [9.17, 15) is 9.90 Å². The van der Waals surface area contributed by atoms with Crippen molar-refractivity contribution in [1.29, 1.82) is 0 Å². The minimum absolute atomic E-state index is 0.0101. The van der Waals surface area contributed by atoms with Gasteiger partial charge in [0.25, 0.3) is 0 Å². The van der Waals surface area contributed by atoms with Gasteiger partial charge in [-0.05, 0) is 43.5 Å². The monoisotopic (exact) mass is 305 g/mol. The number of anilines is 1. The van der Waals surface area contributed by atoms with Crippen molar-refractivity contribution in [3.05, 3.63) is 71.9 Å². The molecule has 3 nitrogen and oxygen atoms in total. The molecule has 1 spiro atoms. The van der Waals surface area contributed by atoms with Crippen LogP contribution in [0.1, 0.15) is 25.3 Å². The fourth-order valence-corrected chi connectivity index (χ4v) is 3.57. The quantitative estimate of drug-likeness (QED) is 0.921. The van der Waals surface area contributed by atoms with Gasteiger partial charge >= 0.3 is 0 Å². The number of amides is 1. The maximum atomic E-state index is 13.0. The van der Waals surface area contributed by atoms with Crippen LogP contribution in [0.25, 0.3) is 6.08 Å². The third-order valence-corrected chi connectivity index (χ3v) is 5.15. The summed E-state index contributed by atoms with van der Waals surface area (Å²) in [5.74, 6) is 0.0101. The van der Waals surface area contributed by atoms with E-state index in [0.29, 0.717) is 5.70 Å². The molecule has 1 unspecified atom stereocenters. The highest BCUT2D eigenvalue weighted by Crippen LogP contribution is 2.63. The third kappa shape index (κ3) is 1.97. The lowest BCUT2D eigenvalue weighted by Gasteiger charge is -2.25. The number of benzene rings is 2. The fourth-order valence-electron chi connectivity index (χ4n) is 3.57. The first-order valence-corrected chi connectivity index (χ1v) is 7.95. The smallest absolute Gasteiger partial charge is 0.240 e. The summed E-state index contributed by atoms with van der Waals surface area (Å²) in [4.78, 5) is 14.7. The van der Waals surface area contributed by atoms with Crippen molar-refractivity contribution in [1.82, 2.24) is 0 Å². The first-order chi connectivity index (χ1) is 11.1. The normalized spacial score (nSPS) is 27.0. The molecular weight excluding hydrogens is 286 g/mol. The molecule has 2 aromatic carbocycles.